The van der Waals surface area contributed by atoms with Gasteiger partial charge in [-0.25, -0.2) is 4.79 Å². The van der Waals surface area contributed by atoms with Gasteiger partial charge in [0.2, 0.25) is 5.60 Å². The first-order valence-corrected chi connectivity index (χ1v) is 9.23. The number of nitro benzene ring substituents is 1. The molecule has 148 valence electrons. The fraction of sp³-hybridized carbons (Fsp3) is 0.174. The summed E-state index contributed by atoms with van der Waals surface area (Å²) in [5, 5.41) is 10.8. The number of hydrogen-bond donors (Lipinski definition) is 0. The summed E-state index contributed by atoms with van der Waals surface area (Å²) in [6.45, 7) is 2.10. The molecular formula is C23H21NO5. The largest absolute Gasteiger partial charge is 0.458 e. The standard InChI is InChI=1S/C23H21NO5/c1-2-29-23(19-9-5-3-6-10-19,20-11-7-4-8-12-20)22(25)28-17-18-13-15-21(16-14-18)24(26)27/h3-16H,2,17H2,1H3. The average molecular weight is 391 g/mol. The predicted molar refractivity (Wildman–Crippen MR) is 108 cm³/mol. The third-order valence-electron chi connectivity index (χ3n) is 4.53. The Bertz CT molecular complexity index is 916. The Morgan fingerprint density at radius 3 is 1.86 bits per heavy atom. The van der Waals surface area contributed by atoms with Crippen molar-refractivity contribution in [3.8, 4) is 0 Å². The van der Waals surface area contributed by atoms with Crippen LogP contribution in [0.3, 0.4) is 0 Å². The Hall–Kier alpha value is -3.51. The molecule has 0 saturated heterocycles. The average Bonchev–Trinajstić information content (AvgIpc) is 2.77. The van der Waals surface area contributed by atoms with E-state index in [-0.39, 0.29) is 12.3 Å². The lowest BCUT2D eigenvalue weighted by molar-refractivity contribution is -0.384. The van der Waals surface area contributed by atoms with Crippen LogP contribution in [0.5, 0.6) is 0 Å². The summed E-state index contributed by atoms with van der Waals surface area (Å²) in [4.78, 5) is 23.7. The third-order valence-corrected chi connectivity index (χ3v) is 4.53. The van der Waals surface area contributed by atoms with Crippen molar-refractivity contribution in [2.24, 2.45) is 0 Å². The van der Waals surface area contributed by atoms with E-state index in [0.717, 1.165) is 0 Å². The lowest BCUT2D eigenvalue weighted by Gasteiger charge is -2.32. The van der Waals surface area contributed by atoms with E-state index < -0.39 is 16.5 Å². The van der Waals surface area contributed by atoms with Gasteiger partial charge in [0.15, 0.2) is 0 Å². The van der Waals surface area contributed by atoms with E-state index in [1.54, 1.807) is 12.1 Å². The van der Waals surface area contributed by atoms with Crippen molar-refractivity contribution in [1.29, 1.82) is 0 Å². The number of esters is 1. The van der Waals surface area contributed by atoms with Gasteiger partial charge in [0.25, 0.3) is 5.69 Å². The zero-order valence-electron chi connectivity index (χ0n) is 16.0. The fourth-order valence-electron chi connectivity index (χ4n) is 3.15. The van der Waals surface area contributed by atoms with Crippen molar-refractivity contribution in [3.63, 3.8) is 0 Å². The van der Waals surface area contributed by atoms with Crippen molar-refractivity contribution in [2.45, 2.75) is 19.1 Å². The molecule has 0 saturated carbocycles. The SMILES string of the molecule is CCOC(C(=O)OCc1ccc([N+](=O)[O-])cc1)(c1ccccc1)c1ccccc1. The first-order valence-electron chi connectivity index (χ1n) is 9.23. The lowest BCUT2D eigenvalue weighted by Crippen LogP contribution is -2.41. The molecule has 0 radical (unpaired) electrons. The smallest absolute Gasteiger partial charge is 0.348 e. The van der Waals surface area contributed by atoms with E-state index in [1.807, 2.05) is 67.6 Å². The number of benzene rings is 3. The molecule has 3 rings (SSSR count). The predicted octanol–water partition coefficient (Wildman–Crippen LogP) is 4.62. The van der Waals surface area contributed by atoms with Crippen molar-refractivity contribution >= 4 is 11.7 Å². The highest BCUT2D eigenvalue weighted by Gasteiger charge is 2.44. The normalized spacial score (nSPS) is 11.1. The number of hydrogen-bond acceptors (Lipinski definition) is 5. The van der Waals surface area contributed by atoms with Crippen LogP contribution in [-0.2, 0) is 26.5 Å². The van der Waals surface area contributed by atoms with Gasteiger partial charge in [-0.3, -0.25) is 10.1 Å². The molecule has 0 aliphatic heterocycles. The van der Waals surface area contributed by atoms with Crippen LogP contribution in [-0.4, -0.2) is 17.5 Å². The molecule has 3 aromatic rings. The van der Waals surface area contributed by atoms with Gasteiger partial charge in [0.05, 0.1) is 4.92 Å². The summed E-state index contributed by atoms with van der Waals surface area (Å²) in [7, 11) is 0. The molecule has 6 heteroatoms. The Labute approximate surface area is 168 Å². The molecule has 0 aliphatic carbocycles. The van der Waals surface area contributed by atoms with Crippen LogP contribution in [0.25, 0.3) is 0 Å². The molecule has 0 unspecified atom stereocenters. The van der Waals surface area contributed by atoms with Gasteiger partial charge in [-0.05, 0) is 35.7 Å². The maximum atomic E-state index is 13.3. The van der Waals surface area contributed by atoms with E-state index in [2.05, 4.69) is 0 Å². The van der Waals surface area contributed by atoms with Gasteiger partial charge < -0.3 is 9.47 Å². The quantitative estimate of drug-likeness (QED) is 0.318. The van der Waals surface area contributed by atoms with Crippen LogP contribution in [0.2, 0.25) is 0 Å². The molecule has 0 N–H and O–H groups in total. The van der Waals surface area contributed by atoms with E-state index in [4.69, 9.17) is 9.47 Å². The highest BCUT2D eigenvalue weighted by atomic mass is 16.6. The molecule has 0 aromatic heterocycles. The molecule has 0 spiro atoms. The highest BCUT2D eigenvalue weighted by Crippen LogP contribution is 2.35. The summed E-state index contributed by atoms with van der Waals surface area (Å²) in [6.07, 6.45) is 0. The number of carbonyl (C=O) groups excluding carboxylic acids is 1. The van der Waals surface area contributed by atoms with Gasteiger partial charge >= 0.3 is 5.97 Å². The summed E-state index contributed by atoms with van der Waals surface area (Å²) in [5.41, 5.74) is 0.564. The number of nitrogens with zero attached hydrogens (tertiary/aromatic N) is 1. The molecule has 0 amide bonds. The van der Waals surface area contributed by atoms with Crippen LogP contribution in [0, 0.1) is 10.1 Å². The number of carbonyl (C=O) groups is 1. The monoisotopic (exact) mass is 391 g/mol. The summed E-state index contributed by atoms with van der Waals surface area (Å²) in [6, 6.07) is 24.3. The van der Waals surface area contributed by atoms with Crippen molar-refractivity contribution in [3.05, 3.63) is 112 Å². The lowest BCUT2D eigenvalue weighted by atomic mass is 9.86. The molecule has 29 heavy (non-hydrogen) atoms. The maximum absolute atomic E-state index is 13.3. The third kappa shape index (κ3) is 4.33. The first-order chi connectivity index (χ1) is 14.1. The first kappa shape index (κ1) is 20.2. The molecule has 6 nitrogen and oxygen atoms in total. The molecular weight excluding hydrogens is 370 g/mol. The van der Waals surface area contributed by atoms with Crippen LogP contribution in [0.15, 0.2) is 84.9 Å². The van der Waals surface area contributed by atoms with E-state index >= 15 is 0 Å². The number of non-ortho nitro benzene ring substituents is 1. The Morgan fingerprint density at radius 2 is 1.41 bits per heavy atom. The van der Waals surface area contributed by atoms with Crippen LogP contribution in [0.4, 0.5) is 5.69 Å². The van der Waals surface area contributed by atoms with E-state index in [1.165, 1.54) is 12.1 Å². The Morgan fingerprint density at radius 1 is 0.897 bits per heavy atom. The Kier molecular flexibility index (Phi) is 6.36. The molecule has 0 bridgehead atoms. The minimum absolute atomic E-state index is 0.0164. The van der Waals surface area contributed by atoms with Crippen LogP contribution < -0.4 is 0 Å². The van der Waals surface area contributed by atoms with Gasteiger partial charge in [-0.2, -0.15) is 0 Å². The molecule has 0 heterocycles. The van der Waals surface area contributed by atoms with Gasteiger partial charge in [-0.15, -0.1) is 0 Å². The van der Waals surface area contributed by atoms with Crippen molar-refractivity contribution in [2.75, 3.05) is 6.61 Å². The van der Waals surface area contributed by atoms with Gasteiger partial charge in [0.1, 0.15) is 6.61 Å². The topological polar surface area (TPSA) is 78.7 Å². The zero-order chi connectivity index (χ0) is 20.7. The van der Waals surface area contributed by atoms with Crippen molar-refractivity contribution < 1.29 is 19.2 Å². The second-order valence-corrected chi connectivity index (χ2v) is 6.35. The molecule has 0 fully saturated rings. The van der Waals surface area contributed by atoms with Crippen LogP contribution in [0.1, 0.15) is 23.6 Å². The van der Waals surface area contributed by atoms with Crippen molar-refractivity contribution in [1.82, 2.24) is 0 Å². The second kappa shape index (κ2) is 9.12. The molecule has 3 aromatic carbocycles. The summed E-state index contributed by atoms with van der Waals surface area (Å²) >= 11 is 0. The minimum atomic E-state index is -1.40. The molecule has 0 aliphatic rings. The molecule has 0 atom stereocenters. The van der Waals surface area contributed by atoms with E-state index in [0.29, 0.717) is 23.3 Å². The summed E-state index contributed by atoms with van der Waals surface area (Å²) < 4.78 is 11.7. The van der Waals surface area contributed by atoms with Gasteiger partial charge in [0, 0.05) is 18.7 Å². The number of nitro groups is 1. The van der Waals surface area contributed by atoms with Gasteiger partial charge in [-0.1, -0.05) is 60.7 Å². The number of rotatable bonds is 8. The van der Waals surface area contributed by atoms with Crippen LogP contribution >= 0.6 is 0 Å². The fourth-order valence-corrected chi connectivity index (χ4v) is 3.15. The zero-order valence-corrected chi connectivity index (χ0v) is 16.0. The Balaban J connectivity index is 1.93. The summed E-state index contributed by atoms with van der Waals surface area (Å²) in [5.74, 6) is -0.546. The number of ether oxygens (including phenoxy) is 2. The maximum Gasteiger partial charge on any atom is 0.348 e. The highest BCUT2D eigenvalue weighted by molar-refractivity contribution is 5.85. The second-order valence-electron chi connectivity index (χ2n) is 6.35. The van der Waals surface area contributed by atoms with E-state index in [9.17, 15) is 14.9 Å². The minimum Gasteiger partial charge on any atom is -0.458 e.